The van der Waals surface area contributed by atoms with Gasteiger partial charge in [-0.05, 0) is 77.6 Å². The van der Waals surface area contributed by atoms with Gasteiger partial charge in [-0.15, -0.1) is 12.6 Å². The average Bonchev–Trinajstić information content (AvgIpc) is 3.13. The van der Waals surface area contributed by atoms with Crippen LogP contribution < -0.4 is 0 Å². The van der Waals surface area contributed by atoms with E-state index in [0.29, 0.717) is 5.41 Å². The highest BCUT2D eigenvalue weighted by Crippen LogP contribution is 2.63. The number of thiol groups is 1. The molecule has 0 bridgehead atoms. The number of allylic oxidation sites excluding steroid dienone is 2. The fourth-order valence-electron chi connectivity index (χ4n) is 3.42. The van der Waals surface area contributed by atoms with Crippen molar-refractivity contribution in [2.24, 2.45) is 5.41 Å². The van der Waals surface area contributed by atoms with Gasteiger partial charge in [0, 0.05) is 4.90 Å². The monoisotopic (exact) mass is 296 g/mol. The number of hydrogen-bond acceptors (Lipinski definition) is 1. The summed E-state index contributed by atoms with van der Waals surface area (Å²) < 4.78 is 13.2. The molecule has 0 N–H and O–H groups in total. The van der Waals surface area contributed by atoms with E-state index >= 15 is 0 Å². The lowest BCUT2D eigenvalue weighted by Gasteiger charge is -2.08. The first-order valence-electron chi connectivity index (χ1n) is 7.43. The summed E-state index contributed by atoms with van der Waals surface area (Å²) in [5.41, 5.74) is 5.80. The lowest BCUT2D eigenvalue weighted by molar-refractivity contribution is 0.568. The molecule has 2 aliphatic carbocycles. The van der Waals surface area contributed by atoms with Crippen molar-refractivity contribution >= 4 is 23.8 Å². The van der Waals surface area contributed by atoms with E-state index in [1.807, 2.05) is 24.3 Å². The number of rotatable bonds is 2. The Labute approximate surface area is 130 Å². The molecule has 2 aromatic rings. The summed E-state index contributed by atoms with van der Waals surface area (Å²) in [6.07, 6.45) is 4.94. The van der Waals surface area contributed by atoms with Gasteiger partial charge in [-0.1, -0.05) is 24.3 Å². The van der Waals surface area contributed by atoms with Gasteiger partial charge in [0.1, 0.15) is 5.82 Å². The van der Waals surface area contributed by atoms with Crippen molar-refractivity contribution in [3.05, 3.63) is 65.5 Å². The van der Waals surface area contributed by atoms with Gasteiger partial charge in [0.15, 0.2) is 0 Å². The molecule has 0 heterocycles. The van der Waals surface area contributed by atoms with E-state index in [9.17, 15) is 4.39 Å². The van der Waals surface area contributed by atoms with Gasteiger partial charge in [-0.2, -0.15) is 0 Å². The highest BCUT2D eigenvalue weighted by molar-refractivity contribution is 7.80. The maximum Gasteiger partial charge on any atom is 0.123 e. The Morgan fingerprint density at radius 3 is 1.71 bits per heavy atom. The first-order chi connectivity index (χ1) is 10.2. The van der Waals surface area contributed by atoms with Crippen molar-refractivity contribution in [3.63, 3.8) is 0 Å². The molecule has 2 aromatic carbocycles. The Bertz CT molecular complexity index is 647. The molecular weight excluding hydrogens is 279 g/mol. The zero-order valence-corrected chi connectivity index (χ0v) is 12.7. The van der Waals surface area contributed by atoms with Gasteiger partial charge in [-0.3, -0.25) is 0 Å². The van der Waals surface area contributed by atoms with E-state index in [4.69, 9.17) is 0 Å². The molecule has 1 spiro atoms. The van der Waals surface area contributed by atoms with E-state index in [1.165, 1.54) is 35.1 Å². The quantitative estimate of drug-likeness (QED) is 0.685. The van der Waals surface area contributed by atoms with E-state index in [-0.39, 0.29) is 5.82 Å². The first kappa shape index (κ1) is 13.1. The molecule has 4 rings (SSSR count). The third-order valence-electron chi connectivity index (χ3n) is 4.83. The molecule has 0 nitrogen and oxygen atoms in total. The van der Waals surface area contributed by atoms with Crippen LogP contribution in [0.1, 0.15) is 36.8 Å². The van der Waals surface area contributed by atoms with Crippen LogP contribution >= 0.6 is 12.6 Å². The minimum absolute atomic E-state index is 0.167. The van der Waals surface area contributed by atoms with Crippen molar-refractivity contribution in [2.45, 2.75) is 30.6 Å². The SMILES string of the molecule is Fc1ccc(C2=C(c3ccc(S)cc3)CC3(CC3)C2)cc1. The summed E-state index contributed by atoms with van der Waals surface area (Å²) in [6, 6.07) is 15.4. The summed E-state index contributed by atoms with van der Waals surface area (Å²) in [5.74, 6) is -0.167. The third-order valence-corrected chi connectivity index (χ3v) is 5.13. The minimum Gasteiger partial charge on any atom is -0.207 e. The summed E-state index contributed by atoms with van der Waals surface area (Å²) >= 11 is 4.37. The van der Waals surface area contributed by atoms with Gasteiger partial charge < -0.3 is 0 Å². The maximum atomic E-state index is 13.2. The zero-order valence-electron chi connectivity index (χ0n) is 11.8. The van der Waals surface area contributed by atoms with Crippen LogP contribution in [-0.2, 0) is 0 Å². The van der Waals surface area contributed by atoms with E-state index in [1.54, 1.807) is 12.1 Å². The summed E-state index contributed by atoms with van der Waals surface area (Å²) in [6.45, 7) is 0. The van der Waals surface area contributed by atoms with Crippen molar-refractivity contribution < 1.29 is 4.39 Å². The summed E-state index contributed by atoms with van der Waals surface area (Å²) in [4.78, 5) is 0.988. The lowest BCUT2D eigenvalue weighted by Crippen LogP contribution is -1.92. The molecular formula is C19H17FS. The molecule has 106 valence electrons. The lowest BCUT2D eigenvalue weighted by atomic mass is 9.97. The highest BCUT2D eigenvalue weighted by Gasteiger charge is 2.48. The molecule has 0 radical (unpaired) electrons. The second-order valence-electron chi connectivity index (χ2n) is 6.36. The van der Waals surface area contributed by atoms with Gasteiger partial charge in [0.2, 0.25) is 0 Å². The number of halogens is 1. The second kappa shape index (κ2) is 4.74. The number of benzene rings is 2. The van der Waals surface area contributed by atoms with Crippen molar-refractivity contribution in [3.8, 4) is 0 Å². The van der Waals surface area contributed by atoms with Crippen LogP contribution in [0.15, 0.2) is 53.4 Å². The molecule has 1 fully saturated rings. The Balaban J connectivity index is 1.80. The Morgan fingerprint density at radius 2 is 1.24 bits per heavy atom. The van der Waals surface area contributed by atoms with E-state index in [2.05, 4.69) is 24.8 Å². The Hall–Kier alpha value is -1.54. The molecule has 21 heavy (non-hydrogen) atoms. The normalized spacial score (nSPS) is 19.3. The fourth-order valence-corrected chi connectivity index (χ4v) is 3.57. The summed E-state index contributed by atoms with van der Waals surface area (Å²) in [5, 5.41) is 0. The van der Waals surface area contributed by atoms with Gasteiger partial charge in [0.05, 0.1) is 0 Å². The predicted molar refractivity (Wildman–Crippen MR) is 87.8 cm³/mol. The van der Waals surface area contributed by atoms with Crippen LogP contribution in [0.5, 0.6) is 0 Å². The second-order valence-corrected chi connectivity index (χ2v) is 6.88. The predicted octanol–water partition coefficient (Wildman–Crippen LogP) is 5.60. The molecule has 0 aliphatic heterocycles. The smallest absolute Gasteiger partial charge is 0.123 e. The van der Waals surface area contributed by atoms with Crippen molar-refractivity contribution in [2.75, 3.05) is 0 Å². The summed E-state index contributed by atoms with van der Waals surface area (Å²) in [7, 11) is 0. The van der Waals surface area contributed by atoms with Crippen LogP contribution in [0.2, 0.25) is 0 Å². The van der Waals surface area contributed by atoms with Crippen LogP contribution in [0, 0.1) is 11.2 Å². The fraction of sp³-hybridized carbons (Fsp3) is 0.263. The molecule has 0 saturated heterocycles. The molecule has 2 aliphatic rings. The molecule has 1 saturated carbocycles. The van der Waals surface area contributed by atoms with Gasteiger partial charge in [-0.25, -0.2) is 4.39 Å². The van der Waals surface area contributed by atoms with Crippen LogP contribution in [0.3, 0.4) is 0 Å². The largest absolute Gasteiger partial charge is 0.207 e. The van der Waals surface area contributed by atoms with E-state index < -0.39 is 0 Å². The highest BCUT2D eigenvalue weighted by atomic mass is 32.1. The Kier molecular flexibility index (Phi) is 2.97. The van der Waals surface area contributed by atoms with Gasteiger partial charge >= 0.3 is 0 Å². The van der Waals surface area contributed by atoms with E-state index in [0.717, 1.165) is 17.7 Å². The van der Waals surface area contributed by atoms with Crippen LogP contribution in [-0.4, -0.2) is 0 Å². The maximum absolute atomic E-state index is 13.2. The first-order valence-corrected chi connectivity index (χ1v) is 7.87. The standard InChI is InChI=1S/C19H17FS/c20-15-5-1-13(2-6-15)17-11-19(9-10-19)12-18(17)14-3-7-16(21)8-4-14/h1-8,21H,9-12H2. The van der Waals surface area contributed by atoms with Crippen molar-refractivity contribution in [1.29, 1.82) is 0 Å². The molecule has 0 aromatic heterocycles. The van der Waals surface area contributed by atoms with Gasteiger partial charge in [0.25, 0.3) is 0 Å². The third kappa shape index (κ3) is 2.42. The number of hydrogen-bond donors (Lipinski definition) is 1. The molecule has 0 atom stereocenters. The molecule has 0 unspecified atom stereocenters. The molecule has 2 heteroatoms. The molecule has 0 amide bonds. The minimum atomic E-state index is -0.167. The van der Waals surface area contributed by atoms with Crippen molar-refractivity contribution in [1.82, 2.24) is 0 Å². The van der Waals surface area contributed by atoms with Crippen LogP contribution in [0.25, 0.3) is 11.1 Å². The topological polar surface area (TPSA) is 0 Å². The van der Waals surface area contributed by atoms with Crippen LogP contribution in [0.4, 0.5) is 4.39 Å². The zero-order chi connectivity index (χ0) is 14.4. The average molecular weight is 296 g/mol. The Morgan fingerprint density at radius 1 is 0.762 bits per heavy atom.